The lowest BCUT2D eigenvalue weighted by Gasteiger charge is -2.06. The van der Waals surface area contributed by atoms with Crippen LogP contribution < -0.4 is 5.32 Å². The molecule has 0 unspecified atom stereocenters. The molecule has 0 radical (unpaired) electrons. The van der Waals surface area contributed by atoms with Crippen molar-refractivity contribution in [3.8, 4) is 11.1 Å². The van der Waals surface area contributed by atoms with Crippen LogP contribution in [-0.2, 0) is 17.8 Å². The van der Waals surface area contributed by atoms with Crippen molar-refractivity contribution in [3.63, 3.8) is 0 Å². The number of benzene rings is 2. The number of hydrogen-bond acceptors (Lipinski definition) is 2. The molecule has 0 bridgehead atoms. The second kappa shape index (κ2) is 7.05. The summed E-state index contributed by atoms with van der Waals surface area (Å²) in [5.41, 5.74) is 3.39. The van der Waals surface area contributed by atoms with Crippen LogP contribution >= 0.6 is 11.3 Å². The fourth-order valence-corrected chi connectivity index (χ4v) is 2.94. The summed E-state index contributed by atoms with van der Waals surface area (Å²) in [5.74, 6) is 0.0564. The second-order valence-corrected chi connectivity index (χ2v) is 6.13. The van der Waals surface area contributed by atoms with E-state index < -0.39 is 0 Å². The lowest BCUT2D eigenvalue weighted by atomic mass is 10.0. The maximum Gasteiger partial charge on any atom is 0.224 e. The van der Waals surface area contributed by atoms with E-state index in [1.54, 1.807) is 11.3 Å². The SMILES string of the molecule is O=C(Cc1ccc(-c2ccccc2)cc1)NCc1cccs1. The first-order valence-electron chi connectivity index (χ1n) is 7.25. The molecule has 0 aliphatic heterocycles. The molecule has 1 N–H and O–H groups in total. The Morgan fingerprint density at radius 2 is 1.59 bits per heavy atom. The molecule has 2 aromatic carbocycles. The first kappa shape index (κ1) is 14.5. The van der Waals surface area contributed by atoms with E-state index >= 15 is 0 Å². The van der Waals surface area contributed by atoms with Crippen molar-refractivity contribution < 1.29 is 4.79 Å². The zero-order valence-electron chi connectivity index (χ0n) is 12.2. The van der Waals surface area contributed by atoms with Crippen molar-refractivity contribution in [1.29, 1.82) is 0 Å². The summed E-state index contributed by atoms with van der Waals surface area (Å²) >= 11 is 1.66. The molecule has 0 aliphatic carbocycles. The molecule has 110 valence electrons. The Morgan fingerprint density at radius 1 is 0.864 bits per heavy atom. The molecular weight excluding hydrogens is 290 g/mol. The number of hydrogen-bond donors (Lipinski definition) is 1. The minimum absolute atomic E-state index is 0.0564. The van der Waals surface area contributed by atoms with E-state index in [1.807, 2.05) is 47.8 Å². The van der Waals surface area contributed by atoms with Gasteiger partial charge < -0.3 is 5.32 Å². The molecule has 1 aromatic heterocycles. The van der Waals surface area contributed by atoms with Gasteiger partial charge in [-0.2, -0.15) is 0 Å². The van der Waals surface area contributed by atoms with Crippen LogP contribution in [0.5, 0.6) is 0 Å². The summed E-state index contributed by atoms with van der Waals surface area (Å²) < 4.78 is 0. The van der Waals surface area contributed by atoms with Gasteiger partial charge in [0.05, 0.1) is 13.0 Å². The molecule has 2 nitrogen and oxygen atoms in total. The van der Waals surface area contributed by atoms with E-state index in [0.717, 1.165) is 5.56 Å². The number of thiophene rings is 1. The van der Waals surface area contributed by atoms with Crippen molar-refractivity contribution in [2.75, 3.05) is 0 Å². The van der Waals surface area contributed by atoms with Gasteiger partial charge in [-0.05, 0) is 28.1 Å². The van der Waals surface area contributed by atoms with Crippen LogP contribution in [0.4, 0.5) is 0 Å². The zero-order chi connectivity index (χ0) is 15.2. The van der Waals surface area contributed by atoms with Crippen LogP contribution in [0.25, 0.3) is 11.1 Å². The van der Waals surface area contributed by atoms with Crippen LogP contribution in [0.15, 0.2) is 72.1 Å². The number of nitrogens with one attached hydrogen (secondary N) is 1. The Morgan fingerprint density at radius 3 is 2.27 bits per heavy atom. The number of amides is 1. The number of carbonyl (C=O) groups excluding carboxylic acids is 1. The largest absolute Gasteiger partial charge is 0.351 e. The molecule has 0 saturated carbocycles. The van der Waals surface area contributed by atoms with E-state index in [1.165, 1.54) is 16.0 Å². The van der Waals surface area contributed by atoms with Gasteiger partial charge in [-0.25, -0.2) is 0 Å². The molecule has 3 aromatic rings. The third-order valence-corrected chi connectivity index (χ3v) is 4.34. The van der Waals surface area contributed by atoms with Crippen LogP contribution in [0.1, 0.15) is 10.4 Å². The van der Waals surface area contributed by atoms with Gasteiger partial charge in [0.15, 0.2) is 0 Å². The van der Waals surface area contributed by atoms with Gasteiger partial charge >= 0.3 is 0 Å². The predicted octanol–water partition coefficient (Wildman–Crippen LogP) is 4.27. The topological polar surface area (TPSA) is 29.1 Å². The monoisotopic (exact) mass is 307 g/mol. The zero-order valence-corrected chi connectivity index (χ0v) is 13.0. The summed E-state index contributed by atoms with van der Waals surface area (Å²) in [5, 5.41) is 4.97. The lowest BCUT2D eigenvalue weighted by molar-refractivity contribution is -0.120. The van der Waals surface area contributed by atoms with Gasteiger partial charge in [0.25, 0.3) is 0 Å². The minimum Gasteiger partial charge on any atom is -0.351 e. The normalized spacial score (nSPS) is 10.4. The van der Waals surface area contributed by atoms with Crippen molar-refractivity contribution in [2.45, 2.75) is 13.0 Å². The molecule has 1 heterocycles. The fourth-order valence-electron chi connectivity index (χ4n) is 2.29. The van der Waals surface area contributed by atoms with Crippen molar-refractivity contribution in [1.82, 2.24) is 5.32 Å². The predicted molar refractivity (Wildman–Crippen MR) is 91.7 cm³/mol. The quantitative estimate of drug-likeness (QED) is 0.749. The molecule has 0 fully saturated rings. The number of rotatable bonds is 5. The Hall–Kier alpha value is -2.39. The van der Waals surface area contributed by atoms with Crippen LogP contribution in [0.2, 0.25) is 0 Å². The lowest BCUT2D eigenvalue weighted by Crippen LogP contribution is -2.24. The molecule has 22 heavy (non-hydrogen) atoms. The molecule has 0 atom stereocenters. The van der Waals surface area contributed by atoms with E-state index in [-0.39, 0.29) is 5.91 Å². The Bertz CT molecular complexity index is 718. The van der Waals surface area contributed by atoms with Gasteiger partial charge in [0, 0.05) is 4.88 Å². The summed E-state index contributed by atoms with van der Waals surface area (Å²) in [7, 11) is 0. The first-order chi connectivity index (χ1) is 10.8. The summed E-state index contributed by atoms with van der Waals surface area (Å²) in [6.45, 7) is 0.610. The number of carbonyl (C=O) groups is 1. The molecule has 3 heteroatoms. The average molecular weight is 307 g/mol. The van der Waals surface area contributed by atoms with Gasteiger partial charge in [-0.1, -0.05) is 60.7 Å². The maximum absolute atomic E-state index is 12.0. The standard InChI is InChI=1S/C19H17NOS/c21-19(20-14-18-7-4-12-22-18)13-15-8-10-17(11-9-15)16-5-2-1-3-6-16/h1-12H,13-14H2,(H,20,21). The van der Waals surface area contributed by atoms with Gasteiger partial charge in [-0.15, -0.1) is 11.3 Å². The molecular formula is C19H17NOS. The first-order valence-corrected chi connectivity index (χ1v) is 8.13. The van der Waals surface area contributed by atoms with Gasteiger partial charge in [0.2, 0.25) is 5.91 Å². The molecule has 0 aliphatic rings. The van der Waals surface area contributed by atoms with Crippen molar-refractivity contribution in [3.05, 3.63) is 82.6 Å². The highest BCUT2D eigenvalue weighted by atomic mass is 32.1. The average Bonchev–Trinajstić information content (AvgIpc) is 3.08. The van der Waals surface area contributed by atoms with E-state index in [4.69, 9.17) is 0 Å². The molecule has 1 amide bonds. The van der Waals surface area contributed by atoms with Crippen LogP contribution in [-0.4, -0.2) is 5.91 Å². The maximum atomic E-state index is 12.0. The van der Waals surface area contributed by atoms with Gasteiger partial charge in [0.1, 0.15) is 0 Å². The van der Waals surface area contributed by atoms with Crippen LogP contribution in [0.3, 0.4) is 0 Å². The van der Waals surface area contributed by atoms with Crippen LogP contribution in [0, 0.1) is 0 Å². The molecule has 0 saturated heterocycles. The highest BCUT2D eigenvalue weighted by molar-refractivity contribution is 7.09. The minimum atomic E-state index is 0.0564. The summed E-state index contributed by atoms with van der Waals surface area (Å²) in [4.78, 5) is 13.1. The Labute approximate surface area is 134 Å². The summed E-state index contributed by atoms with van der Waals surface area (Å²) in [6, 6.07) is 22.4. The smallest absolute Gasteiger partial charge is 0.224 e. The Kier molecular flexibility index (Phi) is 4.66. The molecule has 3 rings (SSSR count). The van der Waals surface area contributed by atoms with E-state index in [0.29, 0.717) is 13.0 Å². The third-order valence-electron chi connectivity index (χ3n) is 3.47. The second-order valence-electron chi connectivity index (χ2n) is 5.10. The highest BCUT2D eigenvalue weighted by Crippen LogP contribution is 2.19. The summed E-state index contributed by atoms with van der Waals surface area (Å²) in [6.07, 6.45) is 0.417. The Balaban J connectivity index is 1.58. The van der Waals surface area contributed by atoms with Gasteiger partial charge in [-0.3, -0.25) is 4.79 Å². The molecule has 0 spiro atoms. The van der Waals surface area contributed by atoms with Crippen molar-refractivity contribution >= 4 is 17.2 Å². The van der Waals surface area contributed by atoms with E-state index in [9.17, 15) is 4.79 Å². The highest BCUT2D eigenvalue weighted by Gasteiger charge is 2.04. The van der Waals surface area contributed by atoms with Crippen molar-refractivity contribution in [2.24, 2.45) is 0 Å². The third kappa shape index (κ3) is 3.83. The van der Waals surface area contributed by atoms with E-state index in [2.05, 4.69) is 29.6 Å². The fraction of sp³-hybridized carbons (Fsp3) is 0.105.